The molecule has 0 aliphatic carbocycles. The topological polar surface area (TPSA) is 86.0 Å². The first-order chi connectivity index (χ1) is 8.70. The Bertz CT molecular complexity index is 528. The number of aryl methyl sites for hydroxylation is 1. The van der Waals surface area contributed by atoms with Crippen LogP contribution in [-0.2, 0) is 6.42 Å². The van der Waals surface area contributed by atoms with E-state index in [9.17, 15) is 0 Å². The van der Waals surface area contributed by atoms with Gasteiger partial charge in [0, 0.05) is 24.0 Å². The molecule has 0 aliphatic heterocycles. The zero-order chi connectivity index (χ0) is 13.0. The molecule has 2 rings (SSSR count). The zero-order valence-electron chi connectivity index (χ0n) is 10.3. The van der Waals surface area contributed by atoms with Crippen molar-refractivity contribution < 1.29 is 4.74 Å². The number of hydrogen-bond donors (Lipinski definition) is 2. The molecule has 0 spiro atoms. The molecule has 2 aromatic rings. The molecule has 0 saturated carbocycles. The zero-order valence-corrected chi connectivity index (χ0v) is 11.1. The van der Waals surface area contributed by atoms with Gasteiger partial charge in [-0.1, -0.05) is 0 Å². The smallest absolute Gasteiger partial charge is 0.203 e. The third kappa shape index (κ3) is 2.86. The lowest BCUT2D eigenvalue weighted by atomic mass is 10.4. The fourth-order valence-corrected chi connectivity index (χ4v) is 2.30. The first-order valence-electron chi connectivity index (χ1n) is 5.50. The van der Waals surface area contributed by atoms with Crippen molar-refractivity contribution in [2.45, 2.75) is 13.3 Å². The Morgan fingerprint density at radius 2 is 2.28 bits per heavy atom. The number of aromatic nitrogens is 3. The third-order valence-electron chi connectivity index (χ3n) is 2.33. The van der Waals surface area contributed by atoms with Crippen LogP contribution in [-0.4, -0.2) is 28.6 Å². The molecule has 3 N–H and O–H groups in total. The number of nitrogen functional groups attached to an aromatic ring is 1. The number of nitrogens with one attached hydrogen (secondary N) is 1. The number of thiazole rings is 1. The molecule has 0 bridgehead atoms. The number of ether oxygens (including phenoxy) is 1. The maximum atomic E-state index is 5.69. The van der Waals surface area contributed by atoms with Crippen LogP contribution in [0.25, 0.3) is 0 Å². The summed E-state index contributed by atoms with van der Waals surface area (Å²) < 4.78 is 5.16. The summed E-state index contributed by atoms with van der Waals surface area (Å²) in [4.78, 5) is 12.4. The van der Waals surface area contributed by atoms with Gasteiger partial charge in [-0.15, -0.1) is 11.3 Å². The van der Waals surface area contributed by atoms with E-state index < -0.39 is 0 Å². The van der Waals surface area contributed by atoms with Gasteiger partial charge >= 0.3 is 0 Å². The summed E-state index contributed by atoms with van der Waals surface area (Å²) in [5.74, 6) is 1.42. The summed E-state index contributed by atoms with van der Waals surface area (Å²) in [5.41, 5.74) is 6.75. The maximum Gasteiger partial charge on any atom is 0.203 e. The van der Waals surface area contributed by atoms with Gasteiger partial charge in [0.05, 0.1) is 12.1 Å². The lowest BCUT2D eigenvalue weighted by Gasteiger charge is -2.10. The van der Waals surface area contributed by atoms with Crippen LogP contribution in [0, 0.1) is 6.92 Å². The largest absolute Gasteiger partial charge is 0.490 e. The van der Waals surface area contributed by atoms with Crippen LogP contribution >= 0.6 is 11.3 Å². The third-order valence-corrected chi connectivity index (χ3v) is 3.36. The summed E-state index contributed by atoms with van der Waals surface area (Å²) >= 11 is 1.66. The normalized spacial score (nSPS) is 10.3. The maximum absolute atomic E-state index is 5.69. The summed E-state index contributed by atoms with van der Waals surface area (Å²) in [7, 11) is 1.55. The van der Waals surface area contributed by atoms with E-state index in [0.717, 1.165) is 23.7 Å². The van der Waals surface area contributed by atoms with Gasteiger partial charge in [0.1, 0.15) is 6.33 Å². The number of methoxy groups -OCH3 is 1. The molecule has 0 aliphatic rings. The molecule has 0 aromatic carbocycles. The van der Waals surface area contributed by atoms with Crippen molar-refractivity contribution in [3.8, 4) is 5.75 Å². The standard InChI is InChI=1S/C11H15N5OS/c1-7-5-18-8(16-7)3-4-13-11-9(17-2)10(12)14-6-15-11/h5-6H,3-4H2,1-2H3,(H3,12,13,14,15). The van der Waals surface area contributed by atoms with E-state index in [4.69, 9.17) is 10.5 Å². The molecule has 18 heavy (non-hydrogen) atoms. The molecule has 96 valence electrons. The van der Waals surface area contributed by atoms with E-state index in [0.29, 0.717) is 17.4 Å². The van der Waals surface area contributed by atoms with Gasteiger partial charge in [0.15, 0.2) is 11.6 Å². The van der Waals surface area contributed by atoms with Crippen molar-refractivity contribution in [2.75, 3.05) is 24.7 Å². The number of anilines is 2. The summed E-state index contributed by atoms with van der Waals surface area (Å²) in [6.45, 7) is 2.71. The highest BCUT2D eigenvalue weighted by Crippen LogP contribution is 2.26. The SMILES string of the molecule is COc1c(N)ncnc1NCCc1nc(C)cs1. The van der Waals surface area contributed by atoms with Crippen molar-refractivity contribution in [1.82, 2.24) is 15.0 Å². The molecule has 2 aromatic heterocycles. The summed E-state index contributed by atoms with van der Waals surface area (Å²) in [6, 6.07) is 0. The molecule has 7 heteroatoms. The minimum Gasteiger partial charge on any atom is -0.490 e. The molecular weight excluding hydrogens is 250 g/mol. The van der Waals surface area contributed by atoms with Crippen molar-refractivity contribution in [1.29, 1.82) is 0 Å². The van der Waals surface area contributed by atoms with Gasteiger partial charge in [-0.25, -0.2) is 15.0 Å². The van der Waals surface area contributed by atoms with E-state index in [2.05, 4.69) is 20.3 Å². The van der Waals surface area contributed by atoms with Crippen molar-refractivity contribution in [3.63, 3.8) is 0 Å². The van der Waals surface area contributed by atoms with Crippen LogP contribution in [0.2, 0.25) is 0 Å². The minimum absolute atomic E-state index is 0.333. The van der Waals surface area contributed by atoms with Crippen LogP contribution in [0.15, 0.2) is 11.7 Å². The van der Waals surface area contributed by atoms with Crippen molar-refractivity contribution in [3.05, 3.63) is 22.4 Å². The Hall–Kier alpha value is -1.89. The molecule has 0 amide bonds. The summed E-state index contributed by atoms with van der Waals surface area (Å²) in [6.07, 6.45) is 2.25. The number of nitrogens with zero attached hydrogens (tertiary/aromatic N) is 3. The monoisotopic (exact) mass is 265 g/mol. The van der Waals surface area contributed by atoms with Crippen LogP contribution < -0.4 is 15.8 Å². The fraction of sp³-hybridized carbons (Fsp3) is 0.364. The molecule has 0 radical (unpaired) electrons. The van der Waals surface area contributed by atoms with E-state index >= 15 is 0 Å². The molecular formula is C11H15N5OS. The predicted octanol–water partition coefficient (Wildman–Crippen LogP) is 1.49. The summed E-state index contributed by atoms with van der Waals surface area (Å²) in [5, 5.41) is 6.31. The van der Waals surface area contributed by atoms with E-state index in [-0.39, 0.29) is 0 Å². The lowest BCUT2D eigenvalue weighted by molar-refractivity contribution is 0.415. The van der Waals surface area contributed by atoms with Gasteiger partial charge < -0.3 is 15.8 Å². The van der Waals surface area contributed by atoms with Gasteiger partial charge in [-0.2, -0.15) is 0 Å². The second-order valence-electron chi connectivity index (χ2n) is 3.70. The highest BCUT2D eigenvalue weighted by molar-refractivity contribution is 7.09. The molecule has 2 heterocycles. The Kier molecular flexibility index (Phi) is 3.93. The number of nitrogens with two attached hydrogens (primary N) is 1. The van der Waals surface area contributed by atoms with Gasteiger partial charge in [0.2, 0.25) is 5.75 Å². The highest BCUT2D eigenvalue weighted by atomic mass is 32.1. The lowest BCUT2D eigenvalue weighted by Crippen LogP contribution is -2.09. The first kappa shape index (κ1) is 12.6. The van der Waals surface area contributed by atoms with Gasteiger partial charge in [0.25, 0.3) is 0 Å². The quantitative estimate of drug-likeness (QED) is 0.851. The Morgan fingerprint density at radius 1 is 1.44 bits per heavy atom. The minimum atomic E-state index is 0.333. The fourth-order valence-electron chi connectivity index (χ4n) is 1.52. The van der Waals surface area contributed by atoms with Crippen LogP contribution in [0.1, 0.15) is 10.7 Å². The predicted molar refractivity (Wildman–Crippen MR) is 72.0 cm³/mol. The Labute approximate surface area is 109 Å². The van der Waals surface area contributed by atoms with Crippen LogP contribution in [0.4, 0.5) is 11.6 Å². The molecule has 6 nitrogen and oxygen atoms in total. The highest BCUT2D eigenvalue weighted by Gasteiger charge is 2.08. The molecule has 0 saturated heterocycles. The van der Waals surface area contributed by atoms with Crippen molar-refractivity contribution in [2.24, 2.45) is 0 Å². The molecule has 0 fully saturated rings. The number of hydrogen-bond acceptors (Lipinski definition) is 7. The van der Waals surface area contributed by atoms with Crippen molar-refractivity contribution >= 4 is 23.0 Å². The molecule has 0 unspecified atom stereocenters. The van der Waals surface area contributed by atoms with E-state index in [1.165, 1.54) is 6.33 Å². The first-order valence-corrected chi connectivity index (χ1v) is 6.38. The average Bonchev–Trinajstić information content (AvgIpc) is 2.75. The molecule has 0 atom stereocenters. The Balaban J connectivity index is 1.96. The van der Waals surface area contributed by atoms with Crippen LogP contribution in [0.5, 0.6) is 5.75 Å². The second kappa shape index (κ2) is 5.63. The Morgan fingerprint density at radius 3 is 2.94 bits per heavy atom. The van der Waals surface area contributed by atoms with Gasteiger partial charge in [-0.3, -0.25) is 0 Å². The van der Waals surface area contributed by atoms with E-state index in [1.807, 2.05) is 12.3 Å². The number of rotatable bonds is 5. The van der Waals surface area contributed by atoms with E-state index in [1.54, 1.807) is 18.4 Å². The van der Waals surface area contributed by atoms with Gasteiger partial charge in [-0.05, 0) is 6.92 Å². The second-order valence-corrected chi connectivity index (χ2v) is 4.64. The average molecular weight is 265 g/mol. The van der Waals surface area contributed by atoms with Crippen LogP contribution in [0.3, 0.4) is 0 Å².